The van der Waals surface area contributed by atoms with E-state index in [0.29, 0.717) is 0 Å². The van der Waals surface area contributed by atoms with Gasteiger partial charge in [-0.2, -0.15) is 5.26 Å². The maximum absolute atomic E-state index is 9.64. The first kappa shape index (κ1) is 13.5. The Morgan fingerprint density at radius 3 is 2.68 bits per heavy atom. The lowest BCUT2D eigenvalue weighted by Gasteiger charge is -2.19. The minimum Gasteiger partial charge on any atom is -0.324 e. The minimum atomic E-state index is -0.259. The average molecular weight is 288 g/mol. The number of fused-ring (bicyclic) bond motifs is 1. The summed E-state index contributed by atoms with van der Waals surface area (Å²) in [6.07, 6.45) is 4.03. The lowest BCUT2D eigenvalue weighted by molar-refractivity contribution is 0.713. The zero-order chi connectivity index (χ0) is 15.3. The molecule has 0 spiro atoms. The number of aryl methyl sites for hydroxylation is 1. The molecule has 0 unspecified atom stereocenters. The van der Waals surface area contributed by atoms with Gasteiger partial charge in [-0.1, -0.05) is 36.4 Å². The Morgan fingerprint density at radius 2 is 1.95 bits per heavy atom. The molecule has 0 amide bonds. The van der Waals surface area contributed by atoms with E-state index in [1.54, 1.807) is 0 Å². The van der Waals surface area contributed by atoms with Gasteiger partial charge in [-0.3, -0.25) is 0 Å². The van der Waals surface area contributed by atoms with Crippen LogP contribution < -0.4 is 5.73 Å². The zero-order valence-corrected chi connectivity index (χ0v) is 12.9. The van der Waals surface area contributed by atoms with Gasteiger partial charge in [0.2, 0.25) is 0 Å². The van der Waals surface area contributed by atoms with Crippen molar-refractivity contribution < 1.29 is 0 Å². The van der Waals surface area contributed by atoms with Crippen LogP contribution in [0.5, 0.6) is 0 Å². The molecule has 1 atom stereocenters. The molecule has 2 aromatic rings. The van der Waals surface area contributed by atoms with Gasteiger partial charge >= 0.3 is 0 Å². The summed E-state index contributed by atoms with van der Waals surface area (Å²) in [5, 5.41) is 9.64. The number of nitrogens with two attached hydrogens (primary N) is 1. The van der Waals surface area contributed by atoms with Crippen LogP contribution in [0.2, 0.25) is 0 Å². The summed E-state index contributed by atoms with van der Waals surface area (Å²) in [6, 6.07) is 15.6. The molecular formula is C20H20N2. The molecule has 2 N–H and O–H groups in total. The normalized spacial score (nSPS) is 21.2. The Balaban J connectivity index is 1.98. The average Bonchev–Trinajstić information content (AvgIpc) is 3.25. The van der Waals surface area contributed by atoms with Gasteiger partial charge in [0.1, 0.15) is 0 Å². The standard InChI is InChI=1S/C20H20N2/c1-13-4-2-7-17(20(12-21)10-11-20)19(13)16-6-3-5-15-14(16)8-9-18(15)22/h2-7,18H,8-11,22H2,1H3/t18-/m1/s1. The van der Waals surface area contributed by atoms with Gasteiger partial charge in [0.25, 0.3) is 0 Å². The number of hydrogen-bond acceptors (Lipinski definition) is 2. The molecule has 0 aromatic heterocycles. The third-order valence-electron chi connectivity index (χ3n) is 5.34. The van der Waals surface area contributed by atoms with Crippen molar-refractivity contribution >= 4 is 0 Å². The van der Waals surface area contributed by atoms with Crippen LogP contribution in [0, 0.1) is 18.3 Å². The van der Waals surface area contributed by atoms with Gasteiger partial charge in [-0.15, -0.1) is 0 Å². The predicted molar refractivity (Wildman–Crippen MR) is 88.4 cm³/mol. The van der Waals surface area contributed by atoms with E-state index in [9.17, 15) is 5.26 Å². The topological polar surface area (TPSA) is 49.8 Å². The van der Waals surface area contributed by atoms with Crippen LogP contribution in [-0.2, 0) is 11.8 Å². The van der Waals surface area contributed by atoms with Crippen molar-refractivity contribution in [2.24, 2.45) is 5.73 Å². The summed E-state index contributed by atoms with van der Waals surface area (Å²) in [5.74, 6) is 0. The second-order valence-corrected chi connectivity index (χ2v) is 6.71. The van der Waals surface area contributed by atoms with Crippen LogP contribution in [0.4, 0.5) is 0 Å². The monoisotopic (exact) mass is 288 g/mol. The Labute approximate surface area is 131 Å². The van der Waals surface area contributed by atoms with E-state index >= 15 is 0 Å². The lowest BCUT2D eigenvalue weighted by atomic mass is 9.84. The highest BCUT2D eigenvalue weighted by atomic mass is 14.6. The van der Waals surface area contributed by atoms with Crippen LogP contribution in [0.15, 0.2) is 36.4 Å². The summed E-state index contributed by atoms with van der Waals surface area (Å²) in [5.41, 5.74) is 13.7. The van der Waals surface area contributed by atoms with Crippen LogP contribution in [-0.4, -0.2) is 0 Å². The predicted octanol–water partition coefficient (Wildman–Crippen LogP) is 4.16. The van der Waals surface area contributed by atoms with Crippen molar-refractivity contribution in [3.8, 4) is 17.2 Å². The van der Waals surface area contributed by atoms with Crippen LogP contribution >= 0.6 is 0 Å². The molecule has 110 valence electrons. The van der Waals surface area contributed by atoms with E-state index in [4.69, 9.17) is 5.73 Å². The fourth-order valence-corrected chi connectivity index (χ4v) is 3.91. The molecule has 2 nitrogen and oxygen atoms in total. The first-order chi connectivity index (χ1) is 10.7. The first-order valence-corrected chi connectivity index (χ1v) is 8.05. The fourth-order valence-electron chi connectivity index (χ4n) is 3.91. The number of rotatable bonds is 2. The summed E-state index contributed by atoms with van der Waals surface area (Å²) in [7, 11) is 0. The molecule has 2 aliphatic carbocycles. The Bertz CT molecular complexity index is 794. The summed E-state index contributed by atoms with van der Waals surface area (Å²) in [6.45, 7) is 2.15. The summed E-state index contributed by atoms with van der Waals surface area (Å²) < 4.78 is 0. The quantitative estimate of drug-likeness (QED) is 0.902. The van der Waals surface area contributed by atoms with Crippen LogP contribution in [0.3, 0.4) is 0 Å². The van der Waals surface area contributed by atoms with Crippen molar-refractivity contribution in [1.29, 1.82) is 5.26 Å². The smallest absolute Gasteiger partial charge is 0.0829 e. The molecule has 1 saturated carbocycles. The van der Waals surface area contributed by atoms with E-state index in [1.807, 2.05) is 0 Å². The molecule has 0 aliphatic heterocycles. The fraction of sp³-hybridized carbons (Fsp3) is 0.350. The maximum atomic E-state index is 9.64. The van der Waals surface area contributed by atoms with E-state index in [0.717, 1.165) is 25.7 Å². The van der Waals surface area contributed by atoms with E-state index in [2.05, 4.69) is 49.4 Å². The van der Waals surface area contributed by atoms with Gasteiger partial charge in [0.05, 0.1) is 11.5 Å². The molecule has 0 radical (unpaired) electrons. The minimum absolute atomic E-state index is 0.160. The maximum Gasteiger partial charge on any atom is 0.0829 e. The van der Waals surface area contributed by atoms with Gasteiger partial charge in [0.15, 0.2) is 0 Å². The van der Waals surface area contributed by atoms with Crippen LogP contribution in [0.1, 0.15) is 47.6 Å². The Hall–Kier alpha value is -2.11. The molecule has 2 heteroatoms. The number of nitrogens with zero attached hydrogens (tertiary/aromatic N) is 1. The van der Waals surface area contributed by atoms with Gasteiger partial charge in [-0.05, 0) is 66.0 Å². The number of benzene rings is 2. The molecule has 0 bridgehead atoms. The number of hydrogen-bond donors (Lipinski definition) is 1. The van der Waals surface area contributed by atoms with Crippen molar-refractivity contribution in [2.45, 2.75) is 44.1 Å². The van der Waals surface area contributed by atoms with Crippen LogP contribution in [0.25, 0.3) is 11.1 Å². The lowest BCUT2D eigenvalue weighted by Crippen LogP contribution is -2.08. The third-order valence-corrected chi connectivity index (χ3v) is 5.34. The summed E-state index contributed by atoms with van der Waals surface area (Å²) >= 11 is 0. The van der Waals surface area contributed by atoms with Gasteiger partial charge < -0.3 is 5.73 Å². The van der Waals surface area contributed by atoms with E-state index in [-0.39, 0.29) is 11.5 Å². The van der Waals surface area contributed by atoms with E-state index in [1.165, 1.54) is 33.4 Å². The molecule has 22 heavy (non-hydrogen) atoms. The highest BCUT2D eigenvalue weighted by Crippen LogP contribution is 2.52. The molecule has 4 rings (SSSR count). The van der Waals surface area contributed by atoms with Gasteiger partial charge in [0, 0.05) is 6.04 Å². The number of nitriles is 1. The highest BCUT2D eigenvalue weighted by Gasteiger charge is 2.46. The second-order valence-electron chi connectivity index (χ2n) is 6.71. The molecule has 2 aliphatic rings. The largest absolute Gasteiger partial charge is 0.324 e. The first-order valence-electron chi connectivity index (χ1n) is 8.05. The Morgan fingerprint density at radius 1 is 1.18 bits per heavy atom. The van der Waals surface area contributed by atoms with Crippen molar-refractivity contribution in [1.82, 2.24) is 0 Å². The van der Waals surface area contributed by atoms with E-state index < -0.39 is 0 Å². The van der Waals surface area contributed by atoms with Crippen molar-refractivity contribution in [3.05, 3.63) is 58.7 Å². The highest BCUT2D eigenvalue weighted by molar-refractivity contribution is 5.78. The van der Waals surface area contributed by atoms with Crippen molar-refractivity contribution in [2.75, 3.05) is 0 Å². The molecule has 0 heterocycles. The van der Waals surface area contributed by atoms with Gasteiger partial charge in [-0.25, -0.2) is 0 Å². The summed E-state index contributed by atoms with van der Waals surface area (Å²) in [4.78, 5) is 0. The second kappa shape index (κ2) is 4.69. The molecule has 1 fully saturated rings. The Kier molecular flexibility index (Phi) is 2.89. The zero-order valence-electron chi connectivity index (χ0n) is 12.9. The molecular weight excluding hydrogens is 268 g/mol. The molecule has 0 saturated heterocycles. The molecule has 2 aromatic carbocycles. The SMILES string of the molecule is Cc1cccc(C2(C#N)CC2)c1-c1cccc2c1CC[C@H]2N. The van der Waals surface area contributed by atoms with Crippen molar-refractivity contribution in [3.63, 3.8) is 0 Å². The third kappa shape index (κ3) is 1.82.